The van der Waals surface area contributed by atoms with Crippen LogP contribution in [-0.2, 0) is 0 Å². The molecule has 0 aliphatic carbocycles. The van der Waals surface area contributed by atoms with Gasteiger partial charge in [0, 0.05) is 11.1 Å². The molecule has 0 aliphatic rings. The second-order valence-electron chi connectivity index (χ2n) is 6.84. The number of hydrogen-bond acceptors (Lipinski definition) is 4. The fourth-order valence-corrected chi connectivity index (χ4v) is 3.53. The van der Waals surface area contributed by atoms with Crippen LogP contribution in [0.5, 0.6) is 23.0 Å². The summed E-state index contributed by atoms with van der Waals surface area (Å²) < 4.78 is 0. The van der Waals surface area contributed by atoms with Crippen LogP contribution in [0, 0.1) is 0 Å². The highest BCUT2D eigenvalue weighted by Gasteiger charge is 2.23. The van der Waals surface area contributed by atoms with Gasteiger partial charge in [-0.3, -0.25) is 0 Å². The van der Waals surface area contributed by atoms with E-state index in [0.29, 0.717) is 5.57 Å². The van der Waals surface area contributed by atoms with Crippen molar-refractivity contribution in [1.29, 1.82) is 0 Å². The Morgan fingerprint density at radius 2 is 0.833 bits per heavy atom. The van der Waals surface area contributed by atoms with Crippen LogP contribution in [0.25, 0.3) is 11.1 Å². The molecule has 4 rings (SSSR count). The van der Waals surface area contributed by atoms with E-state index in [1.54, 1.807) is 0 Å². The van der Waals surface area contributed by atoms with E-state index in [0.717, 1.165) is 22.3 Å². The predicted octanol–water partition coefficient (Wildman–Crippen LogP) is 5.52. The Kier molecular flexibility index (Phi) is 5.14. The SMILES string of the molecule is Oc1cc(C(=C(c2ccccc2)c2ccccc2)c2ccccc2)c(O)c(O)c1O. The normalized spacial score (nSPS) is 10.5. The van der Waals surface area contributed by atoms with Crippen LogP contribution in [0.2, 0.25) is 0 Å². The number of rotatable bonds is 4. The van der Waals surface area contributed by atoms with Crippen molar-refractivity contribution in [3.05, 3.63) is 119 Å². The average Bonchev–Trinajstić information content (AvgIpc) is 2.80. The van der Waals surface area contributed by atoms with Gasteiger partial charge >= 0.3 is 0 Å². The molecule has 0 saturated carbocycles. The van der Waals surface area contributed by atoms with Gasteiger partial charge in [-0.15, -0.1) is 0 Å². The molecule has 30 heavy (non-hydrogen) atoms. The van der Waals surface area contributed by atoms with Gasteiger partial charge in [0.05, 0.1) is 0 Å². The first-order chi connectivity index (χ1) is 14.6. The highest BCUT2D eigenvalue weighted by Crippen LogP contribution is 2.49. The topological polar surface area (TPSA) is 80.9 Å². The molecular formula is C26H20O4. The second kappa shape index (κ2) is 8.05. The number of phenols is 4. The summed E-state index contributed by atoms with van der Waals surface area (Å²) in [5, 5.41) is 41.0. The number of benzene rings is 4. The van der Waals surface area contributed by atoms with Crippen LogP contribution in [0.1, 0.15) is 22.3 Å². The molecule has 0 radical (unpaired) electrons. The Labute approximate surface area is 174 Å². The van der Waals surface area contributed by atoms with Gasteiger partial charge in [-0.25, -0.2) is 0 Å². The molecule has 4 nitrogen and oxygen atoms in total. The first-order valence-corrected chi connectivity index (χ1v) is 9.45. The lowest BCUT2D eigenvalue weighted by Crippen LogP contribution is -1.98. The van der Waals surface area contributed by atoms with Crippen molar-refractivity contribution in [3.8, 4) is 23.0 Å². The lowest BCUT2D eigenvalue weighted by Gasteiger charge is -2.19. The molecule has 0 aliphatic heterocycles. The molecule has 0 unspecified atom stereocenters. The van der Waals surface area contributed by atoms with Crippen molar-refractivity contribution in [2.24, 2.45) is 0 Å². The molecule has 0 saturated heterocycles. The first-order valence-electron chi connectivity index (χ1n) is 9.45. The van der Waals surface area contributed by atoms with E-state index in [1.807, 2.05) is 91.0 Å². The van der Waals surface area contributed by atoms with Crippen molar-refractivity contribution < 1.29 is 20.4 Å². The molecule has 0 heterocycles. The highest BCUT2D eigenvalue weighted by molar-refractivity contribution is 6.06. The zero-order valence-corrected chi connectivity index (χ0v) is 16.0. The Balaban J connectivity index is 2.17. The summed E-state index contributed by atoms with van der Waals surface area (Å²) >= 11 is 0. The molecule has 4 heteroatoms. The summed E-state index contributed by atoms with van der Waals surface area (Å²) in [5.41, 5.74) is 4.19. The van der Waals surface area contributed by atoms with Gasteiger partial charge in [-0.2, -0.15) is 0 Å². The molecule has 4 aromatic rings. The van der Waals surface area contributed by atoms with E-state index in [-0.39, 0.29) is 5.56 Å². The van der Waals surface area contributed by atoms with E-state index in [9.17, 15) is 20.4 Å². The molecule has 0 aromatic heterocycles. The summed E-state index contributed by atoms with van der Waals surface area (Å²) in [7, 11) is 0. The minimum Gasteiger partial charge on any atom is -0.504 e. The maximum Gasteiger partial charge on any atom is 0.204 e. The van der Waals surface area contributed by atoms with Crippen molar-refractivity contribution in [2.75, 3.05) is 0 Å². The van der Waals surface area contributed by atoms with E-state index >= 15 is 0 Å². The zero-order valence-electron chi connectivity index (χ0n) is 16.0. The van der Waals surface area contributed by atoms with Gasteiger partial charge in [0.25, 0.3) is 0 Å². The van der Waals surface area contributed by atoms with E-state index < -0.39 is 23.0 Å². The molecule has 148 valence electrons. The Bertz CT molecular complexity index is 1160. The van der Waals surface area contributed by atoms with Crippen LogP contribution in [-0.4, -0.2) is 20.4 Å². The van der Waals surface area contributed by atoms with Gasteiger partial charge in [0.15, 0.2) is 11.5 Å². The molecule has 0 bridgehead atoms. The summed E-state index contributed by atoms with van der Waals surface area (Å²) in [5.74, 6) is -2.55. The summed E-state index contributed by atoms with van der Waals surface area (Å²) in [6.07, 6.45) is 0. The first kappa shape index (κ1) is 19.2. The van der Waals surface area contributed by atoms with Gasteiger partial charge < -0.3 is 20.4 Å². The van der Waals surface area contributed by atoms with Gasteiger partial charge in [-0.1, -0.05) is 91.0 Å². The number of phenolic OH excluding ortho intramolecular Hbond substituents is 4. The molecule has 0 amide bonds. The molecule has 4 aromatic carbocycles. The van der Waals surface area contributed by atoms with E-state index in [2.05, 4.69) is 0 Å². The van der Waals surface area contributed by atoms with Crippen molar-refractivity contribution in [3.63, 3.8) is 0 Å². The number of aromatic hydroxyl groups is 4. The Morgan fingerprint density at radius 3 is 1.27 bits per heavy atom. The molecule has 0 fully saturated rings. The van der Waals surface area contributed by atoms with Crippen molar-refractivity contribution in [1.82, 2.24) is 0 Å². The third-order valence-corrected chi connectivity index (χ3v) is 4.93. The zero-order chi connectivity index (χ0) is 21.1. The maximum atomic E-state index is 10.7. The van der Waals surface area contributed by atoms with Gasteiger partial charge in [0.2, 0.25) is 11.5 Å². The minimum atomic E-state index is -0.765. The third kappa shape index (κ3) is 3.47. The molecular weight excluding hydrogens is 376 g/mol. The van der Waals surface area contributed by atoms with Crippen LogP contribution in [0.15, 0.2) is 97.1 Å². The summed E-state index contributed by atoms with van der Waals surface area (Å²) in [6.45, 7) is 0. The van der Waals surface area contributed by atoms with Crippen LogP contribution in [0.3, 0.4) is 0 Å². The predicted molar refractivity (Wildman–Crippen MR) is 117 cm³/mol. The molecule has 0 atom stereocenters. The monoisotopic (exact) mass is 396 g/mol. The van der Waals surface area contributed by atoms with Gasteiger partial charge in [-0.05, 0) is 28.3 Å². The van der Waals surface area contributed by atoms with Crippen molar-refractivity contribution in [2.45, 2.75) is 0 Å². The quantitative estimate of drug-likeness (QED) is 0.208. The van der Waals surface area contributed by atoms with Gasteiger partial charge in [0.1, 0.15) is 0 Å². The highest BCUT2D eigenvalue weighted by atomic mass is 16.3. The van der Waals surface area contributed by atoms with Crippen LogP contribution in [0.4, 0.5) is 0 Å². The lowest BCUT2D eigenvalue weighted by molar-refractivity contribution is 0.345. The van der Waals surface area contributed by atoms with Crippen molar-refractivity contribution >= 4 is 11.1 Å². The van der Waals surface area contributed by atoms with Crippen LogP contribution >= 0.6 is 0 Å². The second-order valence-corrected chi connectivity index (χ2v) is 6.84. The fraction of sp³-hybridized carbons (Fsp3) is 0. The Morgan fingerprint density at radius 1 is 0.433 bits per heavy atom. The van der Waals surface area contributed by atoms with E-state index in [1.165, 1.54) is 6.07 Å². The standard InChI is InChI=1S/C26H20O4/c27-21-16-20(24(28)26(30)25(21)29)23(19-14-8-3-9-15-19)22(17-10-4-1-5-11-17)18-12-6-2-7-13-18/h1-16,27-30H. The van der Waals surface area contributed by atoms with E-state index in [4.69, 9.17) is 0 Å². The smallest absolute Gasteiger partial charge is 0.204 e. The largest absolute Gasteiger partial charge is 0.504 e. The third-order valence-electron chi connectivity index (χ3n) is 4.93. The minimum absolute atomic E-state index is 0.205. The maximum absolute atomic E-state index is 10.7. The Hall–Kier alpha value is -4.18. The fourth-order valence-electron chi connectivity index (χ4n) is 3.53. The molecule has 0 spiro atoms. The number of hydrogen-bond donors (Lipinski definition) is 4. The van der Waals surface area contributed by atoms with Crippen LogP contribution < -0.4 is 0 Å². The summed E-state index contributed by atoms with van der Waals surface area (Å²) in [6, 6.07) is 30.1. The molecule has 4 N–H and O–H groups in total. The summed E-state index contributed by atoms with van der Waals surface area (Å²) in [4.78, 5) is 0. The average molecular weight is 396 g/mol. The lowest BCUT2D eigenvalue weighted by atomic mass is 9.85.